The number of alkyl halides is 2. The molecule has 7 nitrogen and oxygen atoms in total. The molecule has 1 aliphatic heterocycles. The Balaban J connectivity index is 1.93. The highest BCUT2D eigenvalue weighted by atomic mass is 32.2. The second-order valence-corrected chi connectivity index (χ2v) is 8.52. The van der Waals surface area contributed by atoms with Crippen LogP contribution in [0.5, 0.6) is 0 Å². The van der Waals surface area contributed by atoms with Gasteiger partial charge in [0.15, 0.2) is 9.84 Å². The third-order valence-electron chi connectivity index (χ3n) is 4.65. The van der Waals surface area contributed by atoms with Crippen molar-refractivity contribution >= 4 is 15.7 Å². The van der Waals surface area contributed by atoms with Crippen LogP contribution in [0, 0.1) is 0 Å². The Bertz CT molecular complexity index is 949. The van der Waals surface area contributed by atoms with Crippen LogP contribution in [0.2, 0.25) is 0 Å². The standard InChI is InChI=1S/C17H19F2N3O4S/c1-22-14(15(18)19)13(9-20-22)16(23)21-17(7-8-26-10-17)11-3-5-12(6-4-11)27(2,24)25/h3-6,9,15H,7-8,10H2,1-2H3,(H,21,23). The summed E-state index contributed by atoms with van der Waals surface area (Å²) < 4.78 is 56.2. The predicted molar refractivity (Wildman–Crippen MR) is 92.3 cm³/mol. The molecule has 0 bridgehead atoms. The van der Waals surface area contributed by atoms with Crippen molar-refractivity contribution in [1.29, 1.82) is 0 Å². The predicted octanol–water partition coefficient (Wildman–Crippen LogP) is 1.81. The molecule has 27 heavy (non-hydrogen) atoms. The van der Waals surface area contributed by atoms with Gasteiger partial charge in [0.2, 0.25) is 0 Å². The minimum atomic E-state index is -3.35. The Labute approximate surface area is 155 Å². The van der Waals surface area contributed by atoms with Crippen LogP contribution in [0.1, 0.15) is 34.5 Å². The average Bonchev–Trinajstić information content (AvgIpc) is 3.21. The first-order chi connectivity index (χ1) is 12.6. The molecule has 146 valence electrons. The minimum Gasteiger partial charge on any atom is -0.379 e. The number of ether oxygens (including phenoxy) is 1. The van der Waals surface area contributed by atoms with Crippen LogP contribution in [0.3, 0.4) is 0 Å². The van der Waals surface area contributed by atoms with Crippen molar-refractivity contribution in [3.63, 3.8) is 0 Å². The highest BCUT2D eigenvalue weighted by Crippen LogP contribution is 2.32. The van der Waals surface area contributed by atoms with E-state index >= 15 is 0 Å². The molecule has 10 heteroatoms. The molecule has 2 aromatic rings. The molecule has 1 aromatic carbocycles. The lowest BCUT2D eigenvalue weighted by atomic mass is 9.88. The van der Waals surface area contributed by atoms with Gasteiger partial charge in [0.1, 0.15) is 5.69 Å². The van der Waals surface area contributed by atoms with E-state index in [2.05, 4.69) is 10.4 Å². The summed E-state index contributed by atoms with van der Waals surface area (Å²) in [6, 6.07) is 6.10. The summed E-state index contributed by atoms with van der Waals surface area (Å²) in [6.07, 6.45) is -0.205. The van der Waals surface area contributed by atoms with Crippen molar-refractivity contribution < 1.29 is 26.7 Å². The van der Waals surface area contributed by atoms with E-state index < -0.39 is 33.4 Å². The monoisotopic (exact) mass is 399 g/mol. The van der Waals surface area contributed by atoms with Crippen LogP contribution in [-0.4, -0.2) is 43.6 Å². The third-order valence-corrected chi connectivity index (χ3v) is 5.77. The second kappa shape index (κ2) is 7.01. The Hall–Kier alpha value is -2.33. The molecule has 0 saturated carbocycles. The largest absolute Gasteiger partial charge is 0.379 e. The molecule has 1 atom stereocenters. The van der Waals surface area contributed by atoms with Crippen LogP contribution >= 0.6 is 0 Å². The van der Waals surface area contributed by atoms with Gasteiger partial charge < -0.3 is 10.1 Å². The lowest BCUT2D eigenvalue weighted by Gasteiger charge is -2.29. The van der Waals surface area contributed by atoms with Crippen LogP contribution < -0.4 is 5.32 Å². The summed E-state index contributed by atoms with van der Waals surface area (Å²) >= 11 is 0. The van der Waals surface area contributed by atoms with E-state index in [1.807, 2.05) is 0 Å². The molecule has 0 aliphatic carbocycles. The number of hydrogen-bond acceptors (Lipinski definition) is 5. The SMILES string of the molecule is Cn1ncc(C(=O)NC2(c3ccc(S(C)(=O)=O)cc3)CCOC2)c1C(F)F. The van der Waals surface area contributed by atoms with Crippen LogP contribution in [0.25, 0.3) is 0 Å². The number of sulfone groups is 1. The lowest BCUT2D eigenvalue weighted by Crippen LogP contribution is -2.46. The Morgan fingerprint density at radius 3 is 2.52 bits per heavy atom. The van der Waals surface area contributed by atoms with Gasteiger partial charge >= 0.3 is 0 Å². The number of benzene rings is 1. The van der Waals surface area contributed by atoms with Gasteiger partial charge in [-0.3, -0.25) is 9.48 Å². The van der Waals surface area contributed by atoms with Crippen molar-refractivity contribution in [2.45, 2.75) is 23.3 Å². The molecular weight excluding hydrogens is 380 g/mol. The fourth-order valence-electron chi connectivity index (χ4n) is 3.15. The summed E-state index contributed by atoms with van der Waals surface area (Å²) in [4.78, 5) is 12.8. The zero-order chi connectivity index (χ0) is 19.8. The van der Waals surface area contributed by atoms with Crippen LogP contribution in [0.4, 0.5) is 8.78 Å². The van der Waals surface area contributed by atoms with E-state index in [0.717, 1.165) is 17.1 Å². The topological polar surface area (TPSA) is 90.3 Å². The van der Waals surface area contributed by atoms with Crippen molar-refractivity contribution in [3.8, 4) is 0 Å². The molecule has 2 heterocycles. The maximum absolute atomic E-state index is 13.2. The number of nitrogens with one attached hydrogen (secondary N) is 1. The van der Waals surface area contributed by atoms with Gasteiger partial charge in [-0.15, -0.1) is 0 Å². The zero-order valence-electron chi connectivity index (χ0n) is 14.8. The van der Waals surface area contributed by atoms with Gasteiger partial charge in [-0.05, 0) is 17.7 Å². The lowest BCUT2D eigenvalue weighted by molar-refractivity contribution is 0.0860. The molecular formula is C17H19F2N3O4S. The van der Waals surface area contributed by atoms with Gasteiger partial charge in [-0.1, -0.05) is 12.1 Å². The van der Waals surface area contributed by atoms with E-state index in [-0.39, 0.29) is 17.1 Å². The number of aromatic nitrogens is 2. The van der Waals surface area contributed by atoms with Crippen LogP contribution in [-0.2, 0) is 27.2 Å². The second-order valence-electron chi connectivity index (χ2n) is 6.50. The maximum Gasteiger partial charge on any atom is 0.280 e. The van der Waals surface area contributed by atoms with Gasteiger partial charge in [0, 0.05) is 26.3 Å². The van der Waals surface area contributed by atoms with Gasteiger partial charge in [0.25, 0.3) is 12.3 Å². The van der Waals surface area contributed by atoms with Crippen molar-refractivity contribution in [1.82, 2.24) is 15.1 Å². The third kappa shape index (κ3) is 3.72. The first-order valence-electron chi connectivity index (χ1n) is 8.15. The van der Waals surface area contributed by atoms with E-state index in [9.17, 15) is 22.0 Å². The number of aryl methyl sites for hydroxylation is 1. The summed E-state index contributed by atoms with van der Waals surface area (Å²) in [5.41, 5.74) is -0.953. The van der Waals surface area contributed by atoms with E-state index in [0.29, 0.717) is 18.6 Å². The first kappa shape index (κ1) is 19.4. The maximum atomic E-state index is 13.2. The van der Waals surface area contributed by atoms with Gasteiger partial charge in [0.05, 0.1) is 28.8 Å². The van der Waals surface area contributed by atoms with Crippen LogP contribution in [0.15, 0.2) is 35.4 Å². The number of hydrogen-bond donors (Lipinski definition) is 1. The Kier molecular flexibility index (Phi) is 5.04. The number of carbonyl (C=O) groups is 1. The van der Waals surface area contributed by atoms with E-state index in [4.69, 9.17) is 4.74 Å². The number of rotatable bonds is 5. The molecule has 1 amide bonds. The molecule has 1 unspecified atom stereocenters. The summed E-state index contributed by atoms with van der Waals surface area (Å²) in [6.45, 7) is 0.532. The van der Waals surface area contributed by atoms with E-state index in [1.54, 1.807) is 12.1 Å². The molecule has 0 radical (unpaired) electrons. The fraction of sp³-hybridized carbons (Fsp3) is 0.412. The molecule has 1 fully saturated rings. The number of carbonyl (C=O) groups excluding carboxylic acids is 1. The van der Waals surface area contributed by atoms with E-state index in [1.165, 1.54) is 19.2 Å². The summed E-state index contributed by atoms with van der Waals surface area (Å²) in [5.74, 6) is -0.684. The molecule has 1 N–H and O–H groups in total. The smallest absolute Gasteiger partial charge is 0.280 e. The highest BCUT2D eigenvalue weighted by molar-refractivity contribution is 7.90. The van der Waals surface area contributed by atoms with Crippen molar-refractivity contribution in [2.75, 3.05) is 19.5 Å². The average molecular weight is 399 g/mol. The summed E-state index contributed by atoms with van der Waals surface area (Å²) in [5, 5.41) is 6.54. The number of amides is 1. The quantitative estimate of drug-likeness (QED) is 0.828. The minimum absolute atomic E-state index is 0.152. The van der Waals surface area contributed by atoms with Crippen molar-refractivity contribution in [2.24, 2.45) is 7.05 Å². The van der Waals surface area contributed by atoms with Gasteiger partial charge in [-0.25, -0.2) is 17.2 Å². The zero-order valence-corrected chi connectivity index (χ0v) is 15.6. The normalized spacial score (nSPS) is 20.2. The molecule has 1 aliphatic rings. The molecule has 3 rings (SSSR count). The Morgan fingerprint density at radius 2 is 2.00 bits per heavy atom. The fourth-order valence-corrected chi connectivity index (χ4v) is 3.78. The van der Waals surface area contributed by atoms with Crippen molar-refractivity contribution in [3.05, 3.63) is 47.3 Å². The Morgan fingerprint density at radius 1 is 1.33 bits per heavy atom. The highest BCUT2D eigenvalue weighted by Gasteiger charge is 2.39. The molecule has 1 saturated heterocycles. The number of nitrogens with zero attached hydrogens (tertiary/aromatic N) is 2. The molecule has 0 spiro atoms. The number of halogens is 2. The summed E-state index contributed by atoms with van der Waals surface area (Å²) in [7, 11) is -2.01. The first-order valence-corrected chi connectivity index (χ1v) is 10.0. The van der Waals surface area contributed by atoms with Gasteiger partial charge in [-0.2, -0.15) is 5.10 Å². The molecule has 1 aromatic heterocycles.